The molecule has 1 fully saturated rings. The summed E-state index contributed by atoms with van der Waals surface area (Å²) in [4.78, 5) is 0. The number of benzene rings is 1. The molecule has 1 atom stereocenters. The molecule has 4 heteroatoms. The Kier molecular flexibility index (Phi) is 2.54. The molecule has 1 aliphatic heterocycles. The molecule has 0 unspecified atom stereocenters. The molecule has 0 aromatic heterocycles. The number of nitrogen functional groups attached to an aromatic ring is 1. The van der Waals surface area contributed by atoms with Gasteiger partial charge in [-0.15, -0.1) is 0 Å². The lowest BCUT2D eigenvalue weighted by Gasteiger charge is -2.13. The van der Waals surface area contributed by atoms with Crippen LogP contribution in [0.5, 0.6) is 5.75 Å². The molecule has 3 nitrogen and oxygen atoms in total. The van der Waals surface area contributed by atoms with Gasteiger partial charge in [0.15, 0.2) is 0 Å². The van der Waals surface area contributed by atoms with Crippen molar-refractivity contribution in [1.82, 2.24) is 0 Å². The average molecular weight is 197 g/mol. The molecule has 0 radical (unpaired) electrons. The van der Waals surface area contributed by atoms with Gasteiger partial charge in [-0.05, 0) is 12.1 Å². The van der Waals surface area contributed by atoms with E-state index in [0.29, 0.717) is 24.7 Å². The van der Waals surface area contributed by atoms with E-state index in [1.807, 2.05) is 0 Å². The molecule has 0 amide bonds. The zero-order chi connectivity index (χ0) is 9.97. The van der Waals surface area contributed by atoms with Gasteiger partial charge in [0.2, 0.25) is 0 Å². The van der Waals surface area contributed by atoms with Crippen LogP contribution in [0.15, 0.2) is 18.2 Å². The van der Waals surface area contributed by atoms with E-state index < -0.39 is 0 Å². The largest absolute Gasteiger partial charge is 0.486 e. The van der Waals surface area contributed by atoms with E-state index in [1.165, 1.54) is 12.1 Å². The first-order chi connectivity index (χ1) is 6.75. The van der Waals surface area contributed by atoms with Gasteiger partial charge in [0.1, 0.15) is 17.7 Å². The van der Waals surface area contributed by atoms with Gasteiger partial charge < -0.3 is 15.2 Å². The fourth-order valence-electron chi connectivity index (χ4n) is 1.41. The quantitative estimate of drug-likeness (QED) is 0.732. The van der Waals surface area contributed by atoms with E-state index in [9.17, 15) is 4.39 Å². The van der Waals surface area contributed by atoms with Crippen molar-refractivity contribution < 1.29 is 13.9 Å². The molecule has 0 saturated carbocycles. The maximum Gasteiger partial charge on any atom is 0.142 e. The van der Waals surface area contributed by atoms with Crippen LogP contribution in [-0.4, -0.2) is 19.3 Å². The molecule has 14 heavy (non-hydrogen) atoms. The molecular formula is C10H12FNO2. The normalized spacial score (nSPS) is 21.1. The maximum atomic E-state index is 12.7. The van der Waals surface area contributed by atoms with Gasteiger partial charge in [-0.2, -0.15) is 0 Å². The van der Waals surface area contributed by atoms with Crippen molar-refractivity contribution in [3.05, 3.63) is 24.0 Å². The van der Waals surface area contributed by atoms with Gasteiger partial charge in [-0.1, -0.05) is 0 Å². The zero-order valence-corrected chi connectivity index (χ0v) is 7.70. The molecule has 2 N–H and O–H groups in total. The Morgan fingerprint density at radius 3 is 3.00 bits per heavy atom. The second kappa shape index (κ2) is 3.84. The molecule has 1 aromatic carbocycles. The molecule has 1 heterocycles. The van der Waals surface area contributed by atoms with Crippen LogP contribution in [0.3, 0.4) is 0 Å². The van der Waals surface area contributed by atoms with Gasteiger partial charge in [-0.3, -0.25) is 0 Å². The van der Waals surface area contributed by atoms with Crippen LogP contribution < -0.4 is 10.5 Å². The number of nitrogens with two attached hydrogens (primary N) is 1. The summed E-state index contributed by atoms with van der Waals surface area (Å²) in [5.41, 5.74) is 5.92. The lowest BCUT2D eigenvalue weighted by Crippen LogP contribution is -2.16. The highest BCUT2D eigenvalue weighted by Crippen LogP contribution is 2.24. The third-order valence-electron chi connectivity index (χ3n) is 2.15. The monoisotopic (exact) mass is 197 g/mol. The second-order valence-electron chi connectivity index (χ2n) is 3.29. The third-order valence-corrected chi connectivity index (χ3v) is 2.15. The lowest BCUT2D eigenvalue weighted by atomic mass is 10.2. The highest BCUT2D eigenvalue weighted by molar-refractivity contribution is 5.52. The summed E-state index contributed by atoms with van der Waals surface area (Å²) in [5, 5.41) is 0. The van der Waals surface area contributed by atoms with Crippen molar-refractivity contribution in [2.75, 3.05) is 18.9 Å². The molecule has 0 aliphatic carbocycles. The summed E-state index contributed by atoms with van der Waals surface area (Å²) in [6.07, 6.45) is 0.902. The van der Waals surface area contributed by atoms with E-state index in [0.717, 1.165) is 6.42 Å². The van der Waals surface area contributed by atoms with Crippen LogP contribution in [0, 0.1) is 5.82 Å². The number of rotatable bonds is 2. The van der Waals surface area contributed by atoms with E-state index in [-0.39, 0.29) is 11.9 Å². The standard InChI is InChI=1S/C10H12FNO2/c11-7-1-2-10(9(12)5-7)14-8-3-4-13-6-8/h1-2,5,8H,3-4,6,12H2/t8-/m1/s1. The predicted octanol–water partition coefficient (Wildman–Crippen LogP) is 1.58. The van der Waals surface area contributed by atoms with E-state index in [2.05, 4.69) is 0 Å². The maximum absolute atomic E-state index is 12.7. The van der Waals surface area contributed by atoms with E-state index in [1.54, 1.807) is 6.07 Å². The SMILES string of the molecule is Nc1cc(F)ccc1O[C@@H]1CCOC1. The van der Waals surface area contributed by atoms with Crippen LogP contribution >= 0.6 is 0 Å². The van der Waals surface area contributed by atoms with Crippen molar-refractivity contribution in [2.24, 2.45) is 0 Å². The van der Waals surface area contributed by atoms with Gasteiger partial charge in [0, 0.05) is 12.5 Å². The number of anilines is 1. The van der Waals surface area contributed by atoms with Crippen molar-refractivity contribution >= 4 is 5.69 Å². The van der Waals surface area contributed by atoms with Gasteiger partial charge in [0.05, 0.1) is 18.9 Å². The first kappa shape index (κ1) is 9.27. The Hall–Kier alpha value is -1.29. The predicted molar refractivity (Wildman–Crippen MR) is 50.7 cm³/mol. The van der Waals surface area contributed by atoms with Crippen LogP contribution in [0.1, 0.15) is 6.42 Å². The smallest absolute Gasteiger partial charge is 0.142 e. The Bertz CT molecular complexity index is 324. The van der Waals surface area contributed by atoms with E-state index in [4.69, 9.17) is 15.2 Å². The average Bonchev–Trinajstić information content (AvgIpc) is 2.62. The number of halogens is 1. The van der Waals surface area contributed by atoms with Gasteiger partial charge in [-0.25, -0.2) is 4.39 Å². The van der Waals surface area contributed by atoms with E-state index >= 15 is 0 Å². The topological polar surface area (TPSA) is 44.5 Å². The Labute approximate surface area is 81.6 Å². The highest BCUT2D eigenvalue weighted by Gasteiger charge is 2.18. The first-order valence-corrected chi connectivity index (χ1v) is 4.55. The van der Waals surface area contributed by atoms with Crippen LogP contribution in [-0.2, 0) is 4.74 Å². The minimum Gasteiger partial charge on any atom is -0.486 e. The Morgan fingerprint density at radius 1 is 1.50 bits per heavy atom. The second-order valence-corrected chi connectivity index (χ2v) is 3.29. The van der Waals surface area contributed by atoms with Crippen molar-refractivity contribution in [3.8, 4) is 5.75 Å². The molecule has 1 saturated heterocycles. The number of ether oxygens (including phenoxy) is 2. The molecule has 1 aromatic rings. The molecule has 0 bridgehead atoms. The Balaban J connectivity index is 2.08. The number of hydrogen-bond donors (Lipinski definition) is 1. The molecular weight excluding hydrogens is 185 g/mol. The summed E-state index contributed by atoms with van der Waals surface area (Å²) in [5.74, 6) is 0.180. The molecule has 76 valence electrons. The van der Waals surface area contributed by atoms with Gasteiger partial charge in [0.25, 0.3) is 0 Å². The van der Waals surface area contributed by atoms with Crippen molar-refractivity contribution in [1.29, 1.82) is 0 Å². The highest BCUT2D eigenvalue weighted by atomic mass is 19.1. The van der Waals surface area contributed by atoms with Crippen molar-refractivity contribution in [3.63, 3.8) is 0 Å². The van der Waals surface area contributed by atoms with Crippen LogP contribution in [0.2, 0.25) is 0 Å². The van der Waals surface area contributed by atoms with Gasteiger partial charge >= 0.3 is 0 Å². The molecule has 0 spiro atoms. The minimum atomic E-state index is -0.350. The first-order valence-electron chi connectivity index (χ1n) is 4.55. The minimum absolute atomic E-state index is 0.0442. The van der Waals surface area contributed by atoms with Crippen molar-refractivity contribution in [2.45, 2.75) is 12.5 Å². The molecule has 1 aliphatic rings. The lowest BCUT2D eigenvalue weighted by molar-refractivity contribution is 0.142. The third kappa shape index (κ3) is 1.96. The Morgan fingerprint density at radius 2 is 2.36 bits per heavy atom. The number of hydrogen-bond acceptors (Lipinski definition) is 3. The van der Waals surface area contributed by atoms with Crippen LogP contribution in [0.4, 0.5) is 10.1 Å². The van der Waals surface area contributed by atoms with Crippen LogP contribution in [0.25, 0.3) is 0 Å². The summed E-state index contributed by atoms with van der Waals surface area (Å²) < 4.78 is 23.4. The fourth-order valence-corrected chi connectivity index (χ4v) is 1.41. The fraction of sp³-hybridized carbons (Fsp3) is 0.400. The summed E-state index contributed by atoms with van der Waals surface area (Å²) in [6, 6.07) is 4.13. The summed E-state index contributed by atoms with van der Waals surface area (Å²) >= 11 is 0. The molecule has 2 rings (SSSR count). The summed E-state index contributed by atoms with van der Waals surface area (Å²) in [7, 11) is 0. The summed E-state index contributed by atoms with van der Waals surface area (Å²) in [6.45, 7) is 1.29. The zero-order valence-electron chi connectivity index (χ0n) is 7.70.